The van der Waals surface area contributed by atoms with E-state index in [4.69, 9.17) is 9.47 Å². The number of methoxy groups -OCH3 is 1. The lowest BCUT2D eigenvalue weighted by Gasteiger charge is -2.04. The van der Waals surface area contributed by atoms with Gasteiger partial charge in [-0.2, -0.15) is 0 Å². The van der Waals surface area contributed by atoms with E-state index < -0.39 is 0 Å². The van der Waals surface area contributed by atoms with Gasteiger partial charge in [0.2, 0.25) is 0 Å². The molecule has 0 saturated carbocycles. The van der Waals surface area contributed by atoms with Crippen LogP contribution in [0.15, 0.2) is 22.7 Å². The van der Waals surface area contributed by atoms with E-state index in [1.54, 1.807) is 7.11 Å². The van der Waals surface area contributed by atoms with Gasteiger partial charge in [0.15, 0.2) is 0 Å². The summed E-state index contributed by atoms with van der Waals surface area (Å²) in [4.78, 5) is 0. The van der Waals surface area contributed by atoms with E-state index in [1.165, 1.54) is 5.56 Å². The maximum Gasteiger partial charge on any atom is 0.146 e. The van der Waals surface area contributed by atoms with Gasteiger partial charge >= 0.3 is 0 Å². The zero-order valence-corrected chi connectivity index (χ0v) is 9.43. The molecule has 0 radical (unpaired) electrons. The SMILES string of the molecule is COCOCc1ccc(Br)c(C)c1. The molecule has 1 rings (SSSR count). The Morgan fingerprint density at radius 2 is 2.15 bits per heavy atom. The molecule has 0 unspecified atom stereocenters. The minimum atomic E-state index is 0.342. The van der Waals surface area contributed by atoms with Crippen molar-refractivity contribution in [2.45, 2.75) is 13.5 Å². The zero-order chi connectivity index (χ0) is 9.68. The monoisotopic (exact) mass is 244 g/mol. The molecular formula is C10H13BrO2. The van der Waals surface area contributed by atoms with Crippen LogP contribution in [0, 0.1) is 6.92 Å². The summed E-state index contributed by atoms with van der Waals surface area (Å²) >= 11 is 3.45. The number of hydrogen-bond donors (Lipinski definition) is 0. The number of halogens is 1. The zero-order valence-electron chi connectivity index (χ0n) is 7.84. The fourth-order valence-corrected chi connectivity index (χ4v) is 1.29. The minimum absolute atomic E-state index is 0.342. The molecule has 2 nitrogen and oxygen atoms in total. The molecule has 0 aliphatic heterocycles. The van der Waals surface area contributed by atoms with E-state index in [9.17, 15) is 0 Å². The molecular weight excluding hydrogens is 232 g/mol. The normalized spacial score (nSPS) is 10.4. The molecule has 72 valence electrons. The van der Waals surface area contributed by atoms with Crippen LogP contribution >= 0.6 is 15.9 Å². The maximum atomic E-state index is 5.23. The van der Waals surface area contributed by atoms with Crippen molar-refractivity contribution >= 4 is 15.9 Å². The van der Waals surface area contributed by atoms with Crippen molar-refractivity contribution in [1.82, 2.24) is 0 Å². The van der Waals surface area contributed by atoms with E-state index in [2.05, 4.69) is 28.9 Å². The molecule has 0 saturated heterocycles. The van der Waals surface area contributed by atoms with Crippen LogP contribution in [0.25, 0.3) is 0 Å². The maximum absolute atomic E-state index is 5.23. The van der Waals surface area contributed by atoms with Gasteiger partial charge in [-0.05, 0) is 24.1 Å². The van der Waals surface area contributed by atoms with Crippen molar-refractivity contribution < 1.29 is 9.47 Å². The highest BCUT2D eigenvalue weighted by atomic mass is 79.9. The summed E-state index contributed by atoms with van der Waals surface area (Å²) in [5.41, 5.74) is 2.39. The van der Waals surface area contributed by atoms with Gasteiger partial charge in [0.1, 0.15) is 6.79 Å². The number of rotatable bonds is 4. The van der Waals surface area contributed by atoms with Gasteiger partial charge in [0.05, 0.1) is 6.61 Å². The number of hydrogen-bond acceptors (Lipinski definition) is 2. The van der Waals surface area contributed by atoms with Gasteiger partial charge in [0, 0.05) is 11.6 Å². The molecule has 0 spiro atoms. The van der Waals surface area contributed by atoms with E-state index in [0.717, 1.165) is 10.0 Å². The van der Waals surface area contributed by atoms with Crippen LogP contribution in [0.4, 0.5) is 0 Å². The highest BCUT2D eigenvalue weighted by Gasteiger charge is 1.96. The second kappa shape index (κ2) is 5.37. The van der Waals surface area contributed by atoms with Crippen molar-refractivity contribution in [3.63, 3.8) is 0 Å². The summed E-state index contributed by atoms with van der Waals surface area (Å²) < 4.78 is 11.1. The Morgan fingerprint density at radius 1 is 1.38 bits per heavy atom. The highest BCUT2D eigenvalue weighted by Crippen LogP contribution is 2.17. The van der Waals surface area contributed by atoms with E-state index in [0.29, 0.717) is 13.4 Å². The van der Waals surface area contributed by atoms with Crippen LogP contribution in [-0.4, -0.2) is 13.9 Å². The predicted molar refractivity (Wildman–Crippen MR) is 55.5 cm³/mol. The molecule has 0 heterocycles. The molecule has 0 atom stereocenters. The van der Waals surface area contributed by atoms with E-state index in [-0.39, 0.29) is 0 Å². The standard InChI is InChI=1S/C10H13BrO2/c1-8-5-9(3-4-10(8)11)6-13-7-12-2/h3-5H,6-7H2,1-2H3. The topological polar surface area (TPSA) is 18.5 Å². The Hall–Kier alpha value is -0.380. The molecule has 1 aromatic rings. The van der Waals surface area contributed by atoms with Crippen molar-refractivity contribution in [1.29, 1.82) is 0 Å². The second-order valence-electron chi connectivity index (χ2n) is 2.84. The first-order chi connectivity index (χ1) is 6.24. The lowest BCUT2D eigenvalue weighted by Crippen LogP contribution is -1.97. The lowest BCUT2D eigenvalue weighted by molar-refractivity contribution is -0.0390. The molecule has 0 bridgehead atoms. The molecule has 1 aromatic carbocycles. The summed E-state index contributed by atoms with van der Waals surface area (Å²) in [7, 11) is 1.62. The minimum Gasteiger partial charge on any atom is -0.359 e. The second-order valence-corrected chi connectivity index (χ2v) is 3.69. The molecule has 0 aliphatic carbocycles. The number of ether oxygens (including phenoxy) is 2. The third kappa shape index (κ3) is 3.46. The molecule has 0 amide bonds. The third-order valence-electron chi connectivity index (χ3n) is 1.69. The highest BCUT2D eigenvalue weighted by molar-refractivity contribution is 9.10. The van der Waals surface area contributed by atoms with Crippen LogP contribution in [0.3, 0.4) is 0 Å². The van der Waals surface area contributed by atoms with Gasteiger partial charge in [-0.3, -0.25) is 0 Å². The average molecular weight is 245 g/mol. The third-order valence-corrected chi connectivity index (χ3v) is 2.58. The van der Waals surface area contributed by atoms with Crippen LogP contribution in [0.5, 0.6) is 0 Å². The van der Waals surface area contributed by atoms with Crippen LogP contribution in [0.2, 0.25) is 0 Å². The van der Waals surface area contributed by atoms with E-state index >= 15 is 0 Å². The molecule has 3 heteroatoms. The largest absolute Gasteiger partial charge is 0.359 e. The van der Waals surface area contributed by atoms with Crippen molar-refractivity contribution in [2.24, 2.45) is 0 Å². The van der Waals surface area contributed by atoms with Gasteiger partial charge in [-0.1, -0.05) is 28.1 Å². The van der Waals surface area contributed by atoms with Crippen LogP contribution in [0.1, 0.15) is 11.1 Å². The molecule has 0 N–H and O–H groups in total. The first kappa shape index (κ1) is 10.7. The first-order valence-electron chi connectivity index (χ1n) is 4.05. The summed E-state index contributed by atoms with van der Waals surface area (Å²) in [6.07, 6.45) is 0. The van der Waals surface area contributed by atoms with Crippen molar-refractivity contribution in [3.8, 4) is 0 Å². The molecule has 0 aromatic heterocycles. The lowest BCUT2D eigenvalue weighted by atomic mass is 10.1. The Kier molecular flexibility index (Phi) is 4.42. The van der Waals surface area contributed by atoms with Gasteiger partial charge in [0.25, 0.3) is 0 Å². The van der Waals surface area contributed by atoms with Gasteiger partial charge < -0.3 is 9.47 Å². The van der Waals surface area contributed by atoms with Crippen molar-refractivity contribution in [2.75, 3.05) is 13.9 Å². The van der Waals surface area contributed by atoms with Crippen LogP contribution in [-0.2, 0) is 16.1 Å². The fraction of sp³-hybridized carbons (Fsp3) is 0.400. The smallest absolute Gasteiger partial charge is 0.146 e. The quantitative estimate of drug-likeness (QED) is 0.599. The molecule has 0 aliphatic rings. The summed E-state index contributed by atoms with van der Waals surface area (Å²) in [6, 6.07) is 6.16. The Balaban J connectivity index is 2.53. The number of benzene rings is 1. The first-order valence-corrected chi connectivity index (χ1v) is 4.85. The Morgan fingerprint density at radius 3 is 2.77 bits per heavy atom. The average Bonchev–Trinajstić information content (AvgIpc) is 2.12. The summed E-state index contributed by atoms with van der Waals surface area (Å²) in [5, 5.41) is 0. The molecule has 13 heavy (non-hydrogen) atoms. The van der Waals surface area contributed by atoms with Gasteiger partial charge in [-0.15, -0.1) is 0 Å². The Labute approximate surface area is 87.0 Å². The summed E-state index contributed by atoms with van der Waals surface area (Å²) in [6.45, 7) is 3.00. The van der Waals surface area contributed by atoms with Crippen molar-refractivity contribution in [3.05, 3.63) is 33.8 Å². The Bertz CT molecular complexity index is 274. The van der Waals surface area contributed by atoms with Gasteiger partial charge in [-0.25, -0.2) is 0 Å². The summed E-state index contributed by atoms with van der Waals surface area (Å²) in [5.74, 6) is 0. The number of aryl methyl sites for hydroxylation is 1. The predicted octanol–water partition coefficient (Wildman–Crippen LogP) is 2.88. The molecule has 0 fully saturated rings. The van der Waals surface area contributed by atoms with E-state index in [1.807, 2.05) is 12.1 Å². The van der Waals surface area contributed by atoms with Crippen LogP contribution < -0.4 is 0 Å². The fourth-order valence-electron chi connectivity index (χ4n) is 1.04.